The van der Waals surface area contributed by atoms with Crippen molar-refractivity contribution in [3.63, 3.8) is 0 Å². The Labute approximate surface area is 185 Å². The van der Waals surface area contributed by atoms with Gasteiger partial charge < -0.3 is 20.3 Å². The van der Waals surface area contributed by atoms with Crippen molar-refractivity contribution in [2.75, 3.05) is 4.90 Å². The molecule has 1 N–H and O–H groups in total. The average molecular weight is 445 g/mol. The third kappa shape index (κ3) is 6.45. The van der Waals surface area contributed by atoms with Gasteiger partial charge in [-0.05, 0) is 65.7 Å². The number of amides is 3. The van der Waals surface area contributed by atoms with Crippen LogP contribution in [0, 0.1) is 5.92 Å². The van der Waals surface area contributed by atoms with E-state index in [0.29, 0.717) is 10.5 Å². The van der Waals surface area contributed by atoms with E-state index >= 15 is 0 Å². The van der Waals surface area contributed by atoms with Gasteiger partial charge in [-0.15, -0.1) is 0 Å². The Bertz CT molecular complexity index is 944. The van der Waals surface area contributed by atoms with Crippen molar-refractivity contribution >= 4 is 35.9 Å². The Kier molecular flexibility index (Phi) is 7.15. The molecule has 32 heavy (non-hydrogen) atoms. The predicted octanol–water partition coefficient (Wildman–Crippen LogP) is 2.29. The first-order chi connectivity index (χ1) is 14.7. The summed E-state index contributed by atoms with van der Waals surface area (Å²) < 4.78 is 10.7. The van der Waals surface area contributed by atoms with E-state index in [2.05, 4.69) is 15.1 Å². The van der Waals surface area contributed by atoms with Crippen molar-refractivity contribution in [2.45, 2.75) is 65.2 Å². The molecular weight excluding hydrogens is 418 g/mol. The van der Waals surface area contributed by atoms with Crippen LogP contribution in [0.25, 0.3) is 5.53 Å². The molecule has 0 bridgehead atoms. The number of ketones is 1. The first kappa shape index (κ1) is 24.7. The number of hydrogen-bond acceptors (Lipinski definition) is 7. The summed E-state index contributed by atoms with van der Waals surface area (Å²) in [6.07, 6.45) is 0.291. The van der Waals surface area contributed by atoms with Crippen LogP contribution in [0.3, 0.4) is 0 Å². The number of rotatable bonds is 5. The van der Waals surface area contributed by atoms with Gasteiger partial charge >= 0.3 is 18.4 Å². The predicted molar refractivity (Wildman–Crippen MR) is 113 cm³/mol. The Balaban J connectivity index is 2.33. The number of Topliss-reactive ketones (excluding diaryl/α,β-unsaturated/α-hetero) is 1. The Hall–Kier alpha value is -3.59. The number of hydrogen-bond donors (Lipinski definition) is 1. The summed E-state index contributed by atoms with van der Waals surface area (Å²) >= 11 is 0. The molecule has 172 valence electrons. The van der Waals surface area contributed by atoms with Crippen LogP contribution in [0.5, 0.6) is 0 Å². The van der Waals surface area contributed by atoms with Gasteiger partial charge in [-0.2, -0.15) is 9.69 Å². The number of imide groups is 1. The summed E-state index contributed by atoms with van der Waals surface area (Å²) in [5.41, 5.74) is 7.34. The number of carbonyl (C=O) groups excluding carboxylic acids is 4. The maximum Gasteiger partial charge on any atom is 0.425 e. The number of anilines is 1. The van der Waals surface area contributed by atoms with Crippen LogP contribution >= 0.6 is 0 Å². The lowest BCUT2D eigenvalue weighted by Crippen LogP contribution is -2.62. The molecule has 1 aromatic heterocycles. The summed E-state index contributed by atoms with van der Waals surface area (Å²) in [7, 11) is 0. The second-order valence-electron chi connectivity index (χ2n) is 9.26. The van der Waals surface area contributed by atoms with Crippen molar-refractivity contribution in [1.29, 1.82) is 0 Å². The number of nitrogens with one attached hydrogen (secondary N) is 1. The minimum absolute atomic E-state index is 0.0504. The van der Waals surface area contributed by atoms with Crippen LogP contribution in [0.1, 0.15) is 47.1 Å². The number of aromatic nitrogens is 1. The minimum Gasteiger partial charge on any atom is -0.443 e. The molecule has 1 aromatic rings. The highest BCUT2D eigenvalue weighted by molar-refractivity contribution is 6.30. The van der Waals surface area contributed by atoms with Crippen LogP contribution in [0.2, 0.25) is 0 Å². The van der Waals surface area contributed by atoms with E-state index in [1.807, 2.05) is 0 Å². The lowest BCUT2D eigenvalue weighted by molar-refractivity contribution is -0.141. The lowest BCUT2D eigenvalue weighted by atomic mass is 9.83. The summed E-state index contributed by atoms with van der Waals surface area (Å²) in [6.45, 7) is 9.94. The zero-order valence-electron chi connectivity index (χ0n) is 18.9. The fraction of sp³-hybridized carbons (Fsp3) is 0.524. The number of carbonyl (C=O) groups is 4. The third-order valence-corrected chi connectivity index (χ3v) is 4.18. The van der Waals surface area contributed by atoms with Crippen LogP contribution < -0.4 is 10.2 Å². The van der Waals surface area contributed by atoms with Gasteiger partial charge in [-0.1, -0.05) is 0 Å². The van der Waals surface area contributed by atoms with Gasteiger partial charge in [0.05, 0.1) is 5.92 Å². The highest BCUT2D eigenvalue weighted by atomic mass is 16.6. The average Bonchev–Trinajstić information content (AvgIpc) is 2.62. The second kappa shape index (κ2) is 9.27. The van der Waals surface area contributed by atoms with Crippen molar-refractivity contribution < 1.29 is 33.4 Å². The van der Waals surface area contributed by atoms with Crippen LogP contribution in [0.15, 0.2) is 18.3 Å². The maximum absolute atomic E-state index is 12.8. The van der Waals surface area contributed by atoms with Gasteiger partial charge in [-0.3, -0.25) is 9.59 Å². The molecule has 3 amide bonds. The van der Waals surface area contributed by atoms with Gasteiger partial charge in [0.1, 0.15) is 23.1 Å². The van der Waals surface area contributed by atoms with Crippen molar-refractivity contribution in [3.8, 4) is 0 Å². The van der Waals surface area contributed by atoms with Crippen LogP contribution in [-0.4, -0.2) is 57.1 Å². The SMILES string of the molecule is CC(C)(C)OC(=O)N(C(=O)OC(C)(C)C)c1cc(C[C@H]2C(=O)N[C@@H]2C(=O)C=[N+]=[N-])ccn1. The van der Waals surface area contributed by atoms with E-state index in [1.165, 1.54) is 12.3 Å². The van der Waals surface area contributed by atoms with E-state index in [9.17, 15) is 19.2 Å². The molecule has 0 radical (unpaired) electrons. The largest absolute Gasteiger partial charge is 0.443 e. The summed E-state index contributed by atoms with van der Waals surface area (Å²) in [4.78, 5) is 56.9. The van der Waals surface area contributed by atoms with Gasteiger partial charge in [0.2, 0.25) is 5.91 Å². The highest BCUT2D eigenvalue weighted by Gasteiger charge is 2.44. The third-order valence-electron chi connectivity index (χ3n) is 4.18. The smallest absolute Gasteiger partial charge is 0.425 e. The van der Waals surface area contributed by atoms with E-state index < -0.39 is 41.1 Å². The molecule has 1 aliphatic heterocycles. The molecule has 2 atom stereocenters. The standard InChI is InChI=1S/C21H27N5O6/c1-20(2,3)31-18(29)26(19(30)32-21(4,5)6)15-10-12(7-8-23-15)9-13-16(25-17(13)28)14(27)11-24-22/h7-8,10-11,13,16H,9H2,1-6H3,(H,25,28)/t13-,16+/m1/s1. The van der Waals surface area contributed by atoms with E-state index in [0.717, 1.165) is 6.21 Å². The number of β-lactam (4-membered cyclic amide) rings is 1. The molecule has 1 saturated heterocycles. The van der Waals surface area contributed by atoms with Gasteiger partial charge in [0.15, 0.2) is 0 Å². The Morgan fingerprint density at radius 1 is 1.16 bits per heavy atom. The zero-order chi connectivity index (χ0) is 24.3. The maximum atomic E-state index is 12.8. The van der Waals surface area contributed by atoms with E-state index in [4.69, 9.17) is 15.0 Å². The first-order valence-electron chi connectivity index (χ1n) is 9.94. The summed E-state index contributed by atoms with van der Waals surface area (Å²) in [5.74, 6) is -1.64. The molecule has 2 rings (SSSR count). The fourth-order valence-corrected chi connectivity index (χ4v) is 2.87. The molecule has 1 aliphatic rings. The Morgan fingerprint density at radius 3 is 2.19 bits per heavy atom. The molecule has 0 aromatic carbocycles. The van der Waals surface area contributed by atoms with Crippen molar-refractivity contribution in [1.82, 2.24) is 10.3 Å². The second-order valence-corrected chi connectivity index (χ2v) is 9.26. The molecule has 11 nitrogen and oxygen atoms in total. The van der Waals surface area contributed by atoms with Gasteiger partial charge in [-0.25, -0.2) is 14.6 Å². The van der Waals surface area contributed by atoms with Gasteiger partial charge in [0, 0.05) is 6.20 Å². The molecule has 0 unspecified atom stereocenters. The molecule has 11 heteroatoms. The summed E-state index contributed by atoms with van der Waals surface area (Å²) in [5, 5.41) is 2.46. The summed E-state index contributed by atoms with van der Waals surface area (Å²) in [6, 6.07) is 2.21. The molecule has 2 heterocycles. The minimum atomic E-state index is -0.968. The monoisotopic (exact) mass is 445 g/mol. The van der Waals surface area contributed by atoms with E-state index in [1.54, 1.807) is 47.6 Å². The van der Waals surface area contributed by atoms with E-state index in [-0.39, 0.29) is 18.1 Å². The number of nitrogens with zero attached hydrogens (tertiary/aromatic N) is 4. The van der Waals surface area contributed by atoms with Crippen molar-refractivity contribution in [2.24, 2.45) is 5.92 Å². The molecule has 0 saturated carbocycles. The topological polar surface area (TPSA) is 151 Å². The molecule has 1 fully saturated rings. The van der Waals surface area contributed by atoms with Crippen LogP contribution in [-0.2, 0) is 25.5 Å². The molecular formula is C21H27N5O6. The lowest BCUT2D eigenvalue weighted by Gasteiger charge is -2.34. The molecule has 0 aliphatic carbocycles. The Morgan fingerprint density at radius 2 is 1.72 bits per heavy atom. The zero-order valence-corrected chi connectivity index (χ0v) is 18.9. The van der Waals surface area contributed by atoms with Gasteiger partial charge in [0.25, 0.3) is 5.78 Å². The molecule has 0 spiro atoms. The fourth-order valence-electron chi connectivity index (χ4n) is 2.87. The normalized spacial score (nSPS) is 17.9. The highest BCUT2D eigenvalue weighted by Crippen LogP contribution is 2.25. The van der Waals surface area contributed by atoms with Crippen molar-refractivity contribution in [3.05, 3.63) is 29.4 Å². The van der Waals surface area contributed by atoms with Crippen LogP contribution in [0.4, 0.5) is 15.4 Å². The number of ether oxygens (including phenoxy) is 2. The first-order valence-corrected chi connectivity index (χ1v) is 9.94. The quantitative estimate of drug-likeness (QED) is 0.316. The number of pyridine rings is 1.